The number of nitrogens with zero attached hydrogens (tertiary/aromatic N) is 2. The van der Waals surface area contributed by atoms with Gasteiger partial charge in [-0.3, -0.25) is 19.5 Å². The van der Waals surface area contributed by atoms with Crippen molar-refractivity contribution in [2.24, 2.45) is 5.92 Å². The van der Waals surface area contributed by atoms with Crippen molar-refractivity contribution < 1.29 is 14.3 Å². The van der Waals surface area contributed by atoms with E-state index in [1.165, 1.54) is 4.90 Å². The van der Waals surface area contributed by atoms with E-state index in [4.69, 9.17) is 4.74 Å². The number of likely N-dealkylation sites (tertiary alicyclic amines) is 1. The van der Waals surface area contributed by atoms with Gasteiger partial charge < -0.3 is 4.74 Å². The predicted octanol–water partition coefficient (Wildman–Crippen LogP) is 2.21. The van der Waals surface area contributed by atoms with Crippen molar-refractivity contribution in [1.82, 2.24) is 9.88 Å². The van der Waals surface area contributed by atoms with Crippen molar-refractivity contribution in [3.05, 3.63) is 59.9 Å². The molecule has 1 aliphatic heterocycles. The Kier molecular flexibility index (Phi) is 4.37. The summed E-state index contributed by atoms with van der Waals surface area (Å²) in [6.45, 7) is 0.296. The van der Waals surface area contributed by atoms with E-state index in [-0.39, 0.29) is 24.2 Å². The number of hydrogen-bond donors (Lipinski definition) is 0. The predicted molar refractivity (Wildman–Crippen MR) is 84.6 cm³/mol. The molecule has 1 fully saturated rings. The highest BCUT2D eigenvalue weighted by atomic mass is 16.5. The number of amides is 2. The van der Waals surface area contributed by atoms with Crippen LogP contribution in [0.4, 0.5) is 0 Å². The van der Waals surface area contributed by atoms with Crippen LogP contribution in [0.5, 0.6) is 5.75 Å². The number of benzene rings is 1. The minimum Gasteiger partial charge on any atom is -0.497 e. The summed E-state index contributed by atoms with van der Waals surface area (Å²) in [5.41, 5.74) is 1.89. The average Bonchev–Trinajstić information content (AvgIpc) is 2.84. The number of carbonyl (C=O) groups is 2. The number of aromatic nitrogens is 1. The smallest absolute Gasteiger partial charge is 0.233 e. The van der Waals surface area contributed by atoms with Crippen LogP contribution in [-0.2, 0) is 22.6 Å². The minimum absolute atomic E-state index is 0.102. The molecule has 2 heterocycles. The van der Waals surface area contributed by atoms with Crippen LogP contribution in [0.1, 0.15) is 17.5 Å². The maximum absolute atomic E-state index is 12.5. The zero-order chi connectivity index (χ0) is 16.2. The molecule has 0 aliphatic carbocycles. The Morgan fingerprint density at radius 2 is 1.96 bits per heavy atom. The lowest BCUT2D eigenvalue weighted by Gasteiger charge is -2.15. The second kappa shape index (κ2) is 6.60. The SMILES string of the molecule is COc1ccc(CC2CC(=O)N(Cc3cccnc3)C2=O)cc1. The van der Waals surface area contributed by atoms with Gasteiger partial charge in [0.05, 0.1) is 19.6 Å². The maximum Gasteiger partial charge on any atom is 0.233 e. The molecule has 5 nitrogen and oxygen atoms in total. The molecule has 1 atom stereocenters. The fraction of sp³-hybridized carbons (Fsp3) is 0.278. The average molecular weight is 310 g/mol. The summed E-state index contributed by atoms with van der Waals surface area (Å²) in [7, 11) is 1.62. The monoisotopic (exact) mass is 310 g/mol. The number of hydrogen-bond acceptors (Lipinski definition) is 4. The lowest BCUT2D eigenvalue weighted by atomic mass is 9.98. The molecule has 23 heavy (non-hydrogen) atoms. The highest BCUT2D eigenvalue weighted by Gasteiger charge is 2.38. The first-order valence-electron chi connectivity index (χ1n) is 7.53. The molecule has 1 unspecified atom stereocenters. The summed E-state index contributed by atoms with van der Waals surface area (Å²) in [6.07, 6.45) is 4.18. The maximum atomic E-state index is 12.5. The van der Waals surface area contributed by atoms with Gasteiger partial charge in [0.1, 0.15) is 5.75 Å². The Morgan fingerprint density at radius 1 is 1.17 bits per heavy atom. The Hall–Kier alpha value is -2.69. The number of imide groups is 1. The first kappa shape index (κ1) is 15.2. The molecule has 0 saturated carbocycles. The van der Waals surface area contributed by atoms with E-state index in [2.05, 4.69) is 4.98 Å². The molecular weight excluding hydrogens is 292 g/mol. The molecule has 0 N–H and O–H groups in total. The number of ether oxygens (including phenoxy) is 1. The molecule has 118 valence electrons. The van der Waals surface area contributed by atoms with Gasteiger partial charge in [0.25, 0.3) is 0 Å². The van der Waals surface area contributed by atoms with Gasteiger partial charge in [0, 0.05) is 18.8 Å². The number of carbonyl (C=O) groups excluding carboxylic acids is 2. The molecule has 1 aromatic carbocycles. The largest absolute Gasteiger partial charge is 0.497 e. The molecule has 1 aliphatic rings. The summed E-state index contributed by atoms with van der Waals surface area (Å²) < 4.78 is 5.13. The summed E-state index contributed by atoms with van der Waals surface area (Å²) in [5.74, 6) is 0.278. The van der Waals surface area contributed by atoms with Crippen molar-refractivity contribution in [2.45, 2.75) is 19.4 Å². The second-order valence-electron chi connectivity index (χ2n) is 5.63. The molecule has 3 rings (SSSR count). The summed E-state index contributed by atoms with van der Waals surface area (Å²) >= 11 is 0. The van der Waals surface area contributed by atoms with Gasteiger partial charge in [-0.15, -0.1) is 0 Å². The third-order valence-electron chi connectivity index (χ3n) is 4.04. The van der Waals surface area contributed by atoms with E-state index in [1.54, 1.807) is 25.6 Å². The van der Waals surface area contributed by atoms with Crippen molar-refractivity contribution in [3.63, 3.8) is 0 Å². The van der Waals surface area contributed by atoms with Crippen LogP contribution in [-0.4, -0.2) is 28.8 Å². The summed E-state index contributed by atoms with van der Waals surface area (Å²) in [4.78, 5) is 30.0. The van der Waals surface area contributed by atoms with Gasteiger partial charge in [0.2, 0.25) is 11.8 Å². The molecule has 0 bridgehead atoms. The summed E-state index contributed by atoms with van der Waals surface area (Å²) in [5, 5.41) is 0. The van der Waals surface area contributed by atoms with E-state index in [0.717, 1.165) is 16.9 Å². The third-order valence-corrected chi connectivity index (χ3v) is 4.04. The highest BCUT2D eigenvalue weighted by Crippen LogP contribution is 2.25. The van der Waals surface area contributed by atoms with Crippen LogP contribution >= 0.6 is 0 Å². The van der Waals surface area contributed by atoms with E-state index in [0.29, 0.717) is 13.0 Å². The van der Waals surface area contributed by atoms with Crippen LogP contribution in [0.25, 0.3) is 0 Å². The molecule has 0 radical (unpaired) electrons. The zero-order valence-corrected chi connectivity index (χ0v) is 12.9. The molecule has 1 aromatic heterocycles. The first-order chi connectivity index (χ1) is 11.2. The van der Waals surface area contributed by atoms with E-state index >= 15 is 0 Å². The molecule has 5 heteroatoms. The Bertz CT molecular complexity index is 698. The van der Waals surface area contributed by atoms with Gasteiger partial charge >= 0.3 is 0 Å². The van der Waals surface area contributed by atoms with Gasteiger partial charge in [0.15, 0.2) is 0 Å². The normalized spacial score (nSPS) is 17.6. The molecule has 2 aromatic rings. The molecule has 0 spiro atoms. The number of pyridine rings is 1. The zero-order valence-electron chi connectivity index (χ0n) is 12.9. The quantitative estimate of drug-likeness (QED) is 0.795. The van der Waals surface area contributed by atoms with Crippen molar-refractivity contribution in [3.8, 4) is 5.75 Å². The Morgan fingerprint density at radius 3 is 2.61 bits per heavy atom. The summed E-state index contributed by atoms with van der Waals surface area (Å²) in [6, 6.07) is 11.3. The van der Waals surface area contributed by atoms with Crippen LogP contribution < -0.4 is 4.74 Å². The fourth-order valence-corrected chi connectivity index (χ4v) is 2.80. The van der Waals surface area contributed by atoms with Crippen molar-refractivity contribution >= 4 is 11.8 Å². The lowest BCUT2D eigenvalue weighted by Crippen LogP contribution is -2.30. The molecular formula is C18H18N2O3. The van der Waals surface area contributed by atoms with Crippen LogP contribution in [0.2, 0.25) is 0 Å². The topological polar surface area (TPSA) is 59.5 Å². The van der Waals surface area contributed by atoms with E-state index in [9.17, 15) is 9.59 Å². The van der Waals surface area contributed by atoms with Gasteiger partial charge in [-0.1, -0.05) is 18.2 Å². The first-order valence-corrected chi connectivity index (χ1v) is 7.53. The van der Waals surface area contributed by atoms with Gasteiger partial charge in [-0.05, 0) is 35.7 Å². The van der Waals surface area contributed by atoms with Crippen LogP contribution in [0.15, 0.2) is 48.8 Å². The van der Waals surface area contributed by atoms with E-state index in [1.807, 2.05) is 30.3 Å². The van der Waals surface area contributed by atoms with Crippen molar-refractivity contribution in [1.29, 1.82) is 0 Å². The van der Waals surface area contributed by atoms with E-state index < -0.39 is 0 Å². The van der Waals surface area contributed by atoms with Crippen molar-refractivity contribution in [2.75, 3.05) is 7.11 Å². The highest BCUT2D eigenvalue weighted by molar-refractivity contribution is 6.03. The third kappa shape index (κ3) is 3.39. The van der Waals surface area contributed by atoms with Crippen LogP contribution in [0.3, 0.4) is 0 Å². The standard InChI is InChI=1S/C18H18N2O3/c1-23-16-6-4-13(5-7-16)9-15-10-17(21)20(18(15)22)12-14-3-2-8-19-11-14/h2-8,11,15H,9-10,12H2,1H3. The van der Waals surface area contributed by atoms with Gasteiger partial charge in [-0.25, -0.2) is 0 Å². The molecule has 1 saturated heterocycles. The number of methoxy groups -OCH3 is 1. The minimum atomic E-state index is -0.285. The molecule has 2 amide bonds. The Labute approximate surface area is 134 Å². The number of rotatable bonds is 5. The second-order valence-corrected chi connectivity index (χ2v) is 5.63. The lowest BCUT2D eigenvalue weighted by molar-refractivity contribution is -0.140. The Balaban J connectivity index is 1.68. The van der Waals surface area contributed by atoms with Gasteiger partial charge in [-0.2, -0.15) is 0 Å². The van der Waals surface area contributed by atoms with Crippen LogP contribution in [0, 0.1) is 5.92 Å². The fourth-order valence-electron chi connectivity index (χ4n) is 2.80.